The van der Waals surface area contributed by atoms with Gasteiger partial charge in [-0.05, 0) is 37.1 Å². The molecule has 1 aromatic carbocycles. The average Bonchev–Trinajstić information content (AvgIpc) is 2.35. The predicted molar refractivity (Wildman–Crippen MR) is 70.5 cm³/mol. The molecule has 0 heterocycles. The van der Waals surface area contributed by atoms with Crippen LogP contribution in [0.2, 0.25) is 0 Å². The van der Waals surface area contributed by atoms with Gasteiger partial charge in [0.1, 0.15) is 0 Å². The second-order valence-electron chi connectivity index (χ2n) is 4.05. The van der Waals surface area contributed by atoms with Crippen LogP contribution in [0.1, 0.15) is 31.2 Å². The second kappa shape index (κ2) is 7.81. The molecule has 1 aromatic rings. The Morgan fingerprint density at radius 1 is 1.18 bits per heavy atom. The fourth-order valence-corrected chi connectivity index (χ4v) is 1.61. The molecule has 94 valence electrons. The molecule has 0 spiro atoms. The highest BCUT2D eigenvalue weighted by molar-refractivity contribution is 5.90. The van der Waals surface area contributed by atoms with Crippen LogP contribution in [0, 0.1) is 0 Å². The molecule has 0 aliphatic rings. The van der Waals surface area contributed by atoms with E-state index < -0.39 is 0 Å². The average molecular weight is 235 g/mol. The summed E-state index contributed by atoms with van der Waals surface area (Å²) in [5.41, 5.74) is 12.8. The highest BCUT2D eigenvalue weighted by Gasteiger charge is 2.02. The summed E-state index contributed by atoms with van der Waals surface area (Å²) in [6.45, 7) is 1.18. The third-order valence-corrected chi connectivity index (χ3v) is 2.55. The van der Waals surface area contributed by atoms with Crippen molar-refractivity contribution >= 4 is 11.6 Å². The first-order chi connectivity index (χ1) is 8.26. The number of amides is 1. The largest absolute Gasteiger partial charge is 0.330 e. The van der Waals surface area contributed by atoms with Crippen molar-refractivity contribution in [2.24, 2.45) is 11.5 Å². The van der Waals surface area contributed by atoms with E-state index in [1.54, 1.807) is 0 Å². The Labute approximate surface area is 102 Å². The van der Waals surface area contributed by atoms with Crippen molar-refractivity contribution in [1.82, 2.24) is 0 Å². The highest BCUT2D eigenvalue weighted by Crippen LogP contribution is 2.11. The zero-order chi connectivity index (χ0) is 12.5. The lowest BCUT2D eigenvalue weighted by atomic mass is 10.1. The number of nitrogens with one attached hydrogen (secondary N) is 1. The molecule has 0 radical (unpaired) electrons. The number of unbranched alkanes of at least 4 members (excludes halogenated alkanes) is 2. The lowest BCUT2D eigenvalue weighted by Gasteiger charge is -2.06. The van der Waals surface area contributed by atoms with Crippen LogP contribution in [0.15, 0.2) is 24.3 Å². The Morgan fingerprint density at radius 2 is 2.00 bits per heavy atom. The van der Waals surface area contributed by atoms with Gasteiger partial charge in [-0.25, -0.2) is 0 Å². The van der Waals surface area contributed by atoms with Gasteiger partial charge in [-0.2, -0.15) is 0 Å². The number of rotatable bonds is 7. The maximum Gasteiger partial charge on any atom is 0.224 e. The molecule has 1 rings (SSSR count). The number of nitrogens with two attached hydrogens (primary N) is 2. The third-order valence-electron chi connectivity index (χ3n) is 2.55. The van der Waals surface area contributed by atoms with E-state index in [2.05, 4.69) is 5.32 Å². The summed E-state index contributed by atoms with van der Waals surface area (Å²) >= 11 is 0. The van der Waals surface area contributed by atoms with Crippen molar-refractivity contribution in [1.29, 1.82) is 0 Å². The van der Waals surface area contributed by atoms with E-state index in [0.29, 0.717) is 19.5 Å². The van der Waals surface area contributed by atoms with Crippen LogP contribution < -0.4 is 16.8 Å². The molecule has 0 saturated carbocycles. The number of hydrogen-bond acceptors (Lipinski definition) is 3. The summed E-state index contributed by atoms with van der Waals surface area (Å²) in [6.07, 6.45) is 3.43. The van der Waals surface area contributed by atoms with Gasteiger partial charge in [0.25, 0.3) is 0 Å². The Hall–Kier alpha value is -1.39. The van der Waals surface area contributed by atoms with Gasteiger partial charge in [-0.3, -0.25) is 4.79 Å². The zero-order valence-corrected chi connectivity index (χ0v) is 10.1. The fourth-order valence-electron chi connectivity index (χ4n) is 1.61. The van der Waals surface area contributed by atoms with Crippen molar-refractivity contribution in [3.63, 3.8) is 0 Å². The van der Waals surface area contributed by atoms with Crippen LogP contribution in [0.3, 0.4) is 0 Å². The Morgan fingerprint density at radius 3 is 2.71 bits per heavy atom. The van der Waals surface area contributed by atoms with Crippen LogP contribution in [-0.4, -0.2) is 12.5 Å². The van der Waals surface area contributed by atoms with Crippen LogP contribution in [0.25, 0.3) is 0 Å². The minimum Gasteiger partial charge on any atom is -0.330 e. The van der Waals surface area contributed by atoms with Crippen molar-refractivity contribution in [2.45, 2.75) is 32.2 Å². The van der Waals surface area contributed by atoms with Gasteiger partial charge in [0.15, 0.2) is 0 Å². The molecule has 0 saturated heterocycles. The number of benzene rings is 1. The summed E-state index contributed by atoms with van der Waals surface area (Å²) in [5, 5.41) is 2.87. The Kier molecular flexibility index (Phi) is 6.29. The number of anilines is 1. The van der Waals surface area contributed by atoms with Gasteiger partial charge >= 0.3 is 0 Å². The second-order valence-corrected chi connectivity index (χ2v) is 4.05. The van der Waals surface area contributed by atoms with E-state index in [4.69, 9.17) is 11.5 Å². The molecule has 0 aliphatic carbocycles. The molecular formula is C13H21N3O. The predicted octanol–water partition coefficient (Wildman–Crippen LogP) is 1.60. The van der Waals surface area contributed by atoms with Gasteiger partial charge in [-0.1, -0.05) is 18.6 Å². The Bertz CT molecular complexity index is 352. The van der Waals surface area contributed by atoms with E-state index >= 15 is 0 Å². The number of carbonyl (C=O) groups excluding carboxylic acids is 1. The minimum absolute atomic E-state index is 0.0520. The zero-order valence-electron chi connectivity index (χ0n) is 10.1. The minimum atomic E-state index is 0.0520. The van der Waals surface area contributed by atoms with Crippen molar-refractivity contribution in [3.8, 4) is 0 Å². The first kappa shape index (κ1) is 13.7. The van der Waals surface area contributed by atoms with Crippen molar-refractivity contribution in [3.05, 3.63) is 29.8 Å². The van der Waals surface area contributed by atoms with Crippen molar-refractivity contribution < 1.29 is 4.79 Å². The fraction of sp³-hybridized carbons (Fsp3) is 0.462. The SMILES string of the molecule is NCCCCCC(=O)Nc1cccc(CN)c1. The van der Waals surface area contributed by atoms with Crippen LogP contribution >= 0.6 is 0 Å². The molecule has 1 amide bonds. The van der Waals surface area contributed by atoms with E-state index in [0.717, 1.165) is 30.5 Å². The molecule has 0 atom stereocenters. The summed E-state index contributed by atoms with van der Waals surface area (Å²) in [4.78, 5) is 11.6. The molecule has 5 N–H and O–H groups in total. The first-order valence-electron chi connectivity index (χ1n) is 6.05. The van der Waals surface area contributed by atoms with Crippen LogP contribution in [0.5, 0.6) is 0 Å². The van der Waals surface area contributed by atoms with Gasteiger partial charge < -0.3 is 16.8 Å². The summed E-state index contributed by atoms with van der Waals surface area (Å²) in [7, 11) is 0. The molecule has 17 heavy (non-hydrogen) atoms. The third kappa shape index (κ3) is 5.47. The molecular weight excluding hydrogens is 214 g/mol. The van der Waals surface area contributed by atoms with E-state index in [-0.39, 0.29) is 5.91 Å². The van der Waals surface area contributed by atoms with Gasteiger partial charge in [0.2, 0.25) is 5.91 Å². The lowest BCUT2D eigenvalue weighted by molar-refractivity contribution is -0.116. The number of carbonyl (C=O) groups is 1. The van der Waals surface area contributed by atoms with Crippen LogP contribution in [0.4, 0.5) is 5.69 Å². The molecule has 0 fully saturated rings. The summed E-state index contributed by atoms with van der Waals surface area (Å²) in [6, 6.07) is 7.61. The van der Waals surface area contributed by atoms with Gasteiger partial charge in [0.05, 0.1) is 0 Å². The van der Waals surface area contributed by atoms with Crippen LogP contribution in [-0.2, 0) is 11.3 Å². The molecule has 0 unspecified atom stereocenters. The number of hydrogen-bond donors (Lipinski definition) is 3. The summed E-state index contributed by atoms with van der Waals surface area (Å²) in [5.74, 6) is 0.0520. The maximum atomic E-state index is 11.6. The molecule has 0 bridgehead atoms. The molecule has 4 heteroatoms. The quantitative estimate of drug-likeness (QED) is 0.628. The van der Waals surface area contributed by atoms with E-state index in [1.807, 2.05) is 24.3 Å². The highest BCUT2D eigenvalue weighted by atomic mass is 16.1. The molecule has 0 aromatic heterocycles. The molecule has 4 nitrogen and oxygen atoms in total. The van der Waals surface area contributed by atoms with E-state index in [1.165, 1.54) is 0 Å². The monoisotopic (exact) mass is 235 g/mol. The normalized spacial score (nSPS) is 10.2. The maximum absolute atomic E-state index is 11.6. The summed E-state index contributed by atoms with van der Waals surface area (Å²) < 4.78 is 0. The van der Waals surface area contributed by atoms with E-state index in [9.17, 15) is 4.79 Å². The van der Waals surface area contributed by atoms with Gasteiger partial charge in [-0.15, -0.1) is 0 Å². The smallest absolute Gasteiger partial charge is 0.224 e. The lowest BCUT2D eigenvalue weighted by Crippen LogP contribution is -2.11. The Balaban J connectivity index is 2.34. The topological polar surface area (TPSA) is 81.1 Å². The van der Waals surface area contributed by atoms with Gasteiger partial charge in [0, 0.05) is 18.7 Å². The standard InChI is InChI=1S/C13H21N3O/c14-8-3-1-2-7-13(17)16-12-6-4-5-11(9-12)10-15/h4-6,9H,1-3,7-8,10,14-15H2,(H,16,17). The van der Waals surface area contributed by atoms with Crippen molar-refractivity contribution in [2.75, 3.05) is 11.9 Å². The first-order valence-corrected chi connectivity index (χ1v) is 6.05. The molecule has 0 aliphatic heterocycles.